The molecule has 0 spiro atoms. The standard InChI is InChI=1S/C42H63N7O7/c1-8-10-21-30(36(50)40(54)43-22-9-2)44-39(53)32-23-29(26(3)4)24-49(32)41(55)33(28-19-15-12-16-20-28)46-42(56)45-31(27-17-13-11-14-18-27)25-48(7)35-34(47(5)6)37(51)38(35)52/h1,9,26-33H,2,10-25H2,3-7H3,(H,43,54)(H,44,53)(H2,45,46,56)/t29-,30?,31-,32+,33+/m1/s1. The third-order valence-electron chi connectivity index (χ3n) is 12.1. The lowest BCUT2D eigenvalue weighted by Crippen LogP contribution is -2.60. The lowest BCUT2D eigenvalue weighted by Gasteiger charge is -2.37. The van der Waals surface area contributed by atoms with Crippen LogP contribution in [0, 0.1) is 36.0 Å². The molecule has 1 unspecified atom stereocenters. The lowest BCUT2D eigenvalue weighted by atomic mass is 9.83. The van der Waals surface area contributed by atoms with Gasteiger partial charge in [0.15, 0.2) is 0 Å². The van der Waals surface area contributed by atoms with Crippen molar-refractivity contribution >= 4 is 40.9 Å². The fourth-order valence-electron chi connectivity index (χ4n) is 8.77. The maximum absolute atomic E-state index is 14.8. The number of likely N-dealkylation sites (N-methyl/N-ethyl adjacent to an activating group) is 1. The number of rotatable bonds is 18. The second-order valence-corrected chi connectivity index (χ2v) is 16.5. The van der Waals surface area contributed by atoms with Gasteiger partial charge in [0, 0.05) is 47.2 Å². The zero-order chi connectivity index (χ0) is 41.1. The Bertz CT molecular complexity index is 1680. The molecule has 3 fully saturated rings. The van der Waals surface area contributed by atoms with E-state index in [1.54, 1.807) is 35.8 Å². The number of carbonyl (C=O) groups is 5. The maximum Gasteiger partial charge on any atom is 0.315 e. The van der Waals surface area contributed by atoms with Crippen LogP contribution in [-0.4, -0.2) is 99.4 Å². The Labute approximate surface area is 331 Å². The SMILES string of the molecule is C#CCCC(NC(=O)[C@@H]1C[C@@H](C(C)C)CN1C(=O)[C@@H](NC(=O)N[C@H](CN(C)c1c(N(C)C)c(=O)c1=O)C1CCCCC1)C1CCCCC1)C(=O)C(=O)NCC=C. The maximum atomic E-state index is 14.8. The minimum absolute atomic E-state index is 0.0139. The molecule has 14 nitrogen and oxygen atoms in total. The largest absolute Gasteiger partial charge is 0.373 e. The van der Waals surface area contributed by atoms with Crippen molar-refractivity contribution in [2.24, 2.45) is 23.7 Å². The van der Waals surface area contributed by atoms with Crippen LogP contribution >= 0.6 is 0 Å². The molecule has 4 rings (SSSR count). The highest BCUT2D eigenvalue weighted by Gasteiger charge is 2.45. The first kappa shape index (κ1) is 44.0. The molecular weight excluding hydrogens is 715 g/mol. The van der Waals surface area contributed by atoms with E-state index < -0.39 is 52.6 Å². The first-order valence-corrected chi connectivity index (χ1v) is 20.5. The smallest absolute Gasteiger partial charge is 0.315 e. The van der Waals surface area contributed by atoms with Gasteiger partial charge in [-0.3, -0.25) is 28.8 Å². The Morgan fingerprint density at radius 2 is 1.48 bits per heavy atom. The Morgan fingerprint density at radius 1 is 0.875 bits per heavy atom. The molecule has 0 aromatic heterocycles. The molecule has 2 aliphatic carbocycles. The molecule has 1 heterocycles. The summed E-state index contributed by atoms with van der Waals surface area (Å²) < 4.78 is 0. The average molecular weight is 778 g/mol. The number of likely N-dealkylation sites (tertiary alicyclic amines) is 1. The van der Waals surface area contributed by atoms with Gasteiger partial charge in [0.2, 0.25) is 17.6 Å². The molecule has 56 heavy (non-hydrogen) atoms. The first-order chi connectivity index (χ1) is 26.7. The molecule has 5 atom stereocenters. The number of carbonyl (C=O) groups excluding carboxylic acids is 5. The molecular formula is C42H63N7O7. The molecule has 1 aliphatic heterocycles. The number of Topliss-reactive ketones (excluding diaryl/α,β-unsaturated/α-hetero) is 1. The third kappa shape index (κ3) is 10.8. The molecule has 14 heteroatoms. The summed E-state index contributed by atoms with van der Waals surface area (Å²) in [5, 5.41) is 11.4. The van der Waals surface area contributed by atoms with Gasteiger partial charge in [-0.05, 0) is 62.2 Å². The molecule has 4 N–H and O–H groups in total. The van der Waals surface area contributed by atoms with E-state index in [4.69, 9.17) is 6.42 Å². The first-order valence-electron chi connectivity index (χ1n) is 20.5. The second kappa shape index (κ2) is 20.5. The molecule has 3 aliphatic rings. The van der Waals surface area contributed by atoms with E-state index >= 15 is 0 Å². The van der Waals surface area contributed by atoms with Crippen molar-refractivity contribution in [3.05, 3.63) is 33.1 Å². The number of nitrogens with one attached hydrogen (secondary N) is 4. The van der Waals surface area contributed by atoms with Crippen LogP contribution in [0.15, 0.2) is 22.2 Å². The Hall–Kier alpha value is -4.67. The van der Waals surface area contributed by atoms with E-state index in [1.807, 2.05) is 13.8 Å². The number of urea groups is 1. The highest BCUT2D eigenvalue weighted by atomic mass is 16.2. The molecule has 2 saturated carbocycles. The molecule has 1 saturated heterocycles. The van der Waals surface area contributed by atoms with Gasteiger partial charge in [-0.25, -0.2) is 4.79 Å². The summed E-state index contributed by atoms with van der Waals surface area (Å²) in [7, 11) is 5.20. The Morgan fingerprint density at radius 3 is 2.05 bits per heavy atom. The Balaban J connectivity index is 1.58. The average Bonchev–Trinajstić information content (AvgIpc) is 3.65. The fourth-order valence-corrected chi connectivity index (χ4v) is 8.77. The van der Waals surface area contributed by atoms with Gasteiger partial charge >= 0.3 is 6.03 Å². The van der Waals surface area contributed by atoms with E-state index in [2.05, 4.69) is 33.8 Å². The topological polar surface area (TPSA) is 177 Å². The van der Waals surface area contributed by atoms with Crippen molar-refractivity contribution in [1.82, 2.24) is 26.2 Å². The number of amides is 5. The number of ketones is 1. The highest BCUT2D eigenvalue weighted by Crippen LogP contribution is 2.34. The number of hydrogen-bond acceptors (Lipinski definition) is 9. The van der Waals surface area contributed by atoms with Crippen molar-refractivity contribution in [2.45, 2.75) is 121 Å². The van der Waals surface area contributed by atoms with Gasteiger partial charge in [0.25, 0.3) is 16.8 Å². The van der Waals surface area contributed by atoms with Crippen LogP contribution in [0.25, 0.3) is 0 Å². The van der Waals surface area contributed by atoms with Gasteiger partial charge in [0.05, 0.1) is 12.1 Å². The fraction of sp³-hybridized carbons (Fsp3) is 0.690. The van der Waals surface area contributed by atoms with Crippen LogP contribution in [0.4, 0.5) is 16.2 Å². The van der Waals surface area contributed by atoms with Crippen LogP contribution in [-0.2, 0) is 19.2 Å². The summed E-state index contributed by atoms with van der Waals surface area (Å²) in [5.74, 6) is -0.00273. The molecule has 1 aromatic carbocycles. The predicted molar refractivity (Wildman–Crippen MR) is 218 cm³/mol. The van der Waals surface area contributed by atoms with Gasteiger partial charge < -0.3 is 36.0 Å². The number of anilines is 2. The quantitative estimate of drug-likeness (QED) is 0.0992. The van der Waals surface area contributed by atoms with Crippen molar-refractivity contribution in [1.29, 1.82) is 0 Å². The third-order valence-corrected chi connectivity index (χ3v) is 12.1. The number of hydrogen-bond donors (Lipinski definition) is 4. The summed E-state index contributed by atoms with van der Waals surface area (Å²) in [5.41, 5.74) is -0.392. The van der Waals surface area contributed by atoms with Gasteiger partial charge in [-0.1, -0.05) is 58.4 Å². The highest BCUT2D eigenvalue weighted by molar-refractivity contribution is 6.38. The van der Waals surface area contributed by atoms with Crippen LogP contribution < -0.4 is 41.9 Å². The van der Waals surface area contributed by atoms with Crippen molar-refractivity contribution < 1.29 is 24.0 Å². The van der Waals surface area contributed by atoms with Gasteiger partial charge in [-0.15, -0.1) is 18.9 Å². The zero-order valence-corrected chi connectivity index (χ0v) is 34.0. The van der Waals surface area contributed by atoms with E-state index in [1.165, 1.54) is 6.08 Å². The Kier molecular flexibility index (Phi) is 16.1. The number of nitrogens with zero attached hydrogens (tertiary/aromatic N) is 3. The van der Waals surface area contributed by atoms with Gasteiger partial charge in [-0.2, -0.15) is 0 Å². The molecule has 1 aromatic rings. The molecule has 0 bridgehead atoms. The number of terminal acetylenes is 1. The summed E-state index contributed by atoms with van der Waals surface area (Å²) in [6.45, 7) is 8.31. The minimum atomic E-state index is -1.18. The van der Waals surface area contributed by atoms with E-state index in [-0.39, 0.29) is 55.0 Å². The molecule has 308 valence electrons. The monoisotopic (exact) mass is 777 g/mol. The van der Waals surface area contributed by atoms with Crippen LogP contribution in [0.5, 0.6) is 0 Å². The predicted octanol–water partition coefficient (Wildman–Crippen LogP) is 2.62. The van der Waals surface area contributed by atoms with Gasteiger partial charge in [0.1, 0.15) is 23.5 Å². The normalized spacial score (nSPS) is 20.7. The molecule has 5 amide bonds. The van der Waals surface area contributed by atoms with E-state index in [0.29, 0.717) is 30.9 Å². The van der Waals surface area contributed by atoms with E-state index in [9.17, 15) is 33.6 Å². The summed E-state index contributed by atoms with van der Waals surface area (Å²) in [4.78, 5) is 98.7. The minimum Gasteiger partial charge on any atom is -0.373 e. The zero-order valence-electron chi connectivity index (χ0n) is 34.0. The summed E-state index contributed by atoms with van der Waals surface area (Å²) >= 11 is 0. The lowest BCUT2D eigenvalue weighted by molar-refractivity contribution is -0.143. The molecule has 0 radical (unpaired) electrons. The van der Waals surface area contributed by atoms with E-state index in [0.717, 1.165) is 64.2 Å². The van der Waals surface area contributed by atoms with Crippen molar-refractivity contribution in [2.75, 3.05) is 50.6 Å². The van der Waals surface area contributed by atoms with Crippen LogP contribution in [0.2, 0.25) is 0 Å². The second-order valence-electron chi connectivity index (χ2n) is 16.5. The van der Waals surface area contributed by atoms with Crippen molar-refractivity contribution in [3.8, 4) is 12.3 Å². The van der Waals surface area contributed by atoms with Crippen LogP contribution in [0.3, 0.4) is 0 Å². The summed E-state index contributed by atoms with van der Waals surface area (Å²) in [6.07, 6.45) is 16.8. The van der Waals surface area contributed by atoms with Crippen molar-refractivity contribution in [3.63, 3.8) is 0 Å². The van der Waals surface area contributed by atoms with Crippen LogP contribution in [0.1, 0.15) is 97.3 Å². The summed E-state index contributed by atoms with van der Waals surface area (Å²) in [6, 6.07) is -3.86.